The maximum absolute atomic E-state index is 11.6. The summed E-state index contributed by atoms with van der Waals surface area (Å²) in [6, 6.07) is 15.1. The summed E-state index contributed by atoms with van der Waals surface area (Å²) in [5.74, 6) is -0.993. The Morgan fingerprint density at radius 3 is 2.33 bits per heavy atom. The molecule has 1 amide bonds. The van der Waals surface area contributed by atoms with E-state index in [2.05, 4.69) is 5.48 Å². The molecular formula is C16H15NO4. The van der Waals surface area contributed by atoms with E-state index >= 15 is 0 Å². The van der Waals surface area contributed by atoms with Crippen LogP contribution in [0.3, 0.4) is 0 Å². The number of aryl methyl sites for hydroxylation is 1. The molecule has 2 aromatic rings. The minimum absolute atomic E-state index is 0.0541. The average Bonchev–Trinajstić information content (AvgIpc) is 2.52. The number of amides is 1. The van der Waals surface area contributed by atoms with Crippen molar-refractivity contribution in [2.45, 2.75) is 12.8 Å². The van der Waals surface area contributed by atoms with Crippen LogP contribution >= 0.6 is 0 Å². The first-order valence-corrected chi connectivity index (χ1v) is 6.48. The van der Waals surface area contributed by atoms with E-state index in [1.807, 2.05) is 30.3 Å². The molecule has 0 unspecified atom stereocenters. The van der Waals surface area contributed by atoms with Crippen LogP contribution in [-0.2, 0) is 16.1 Å². The molecular weight excluding hydrogens is 270 g/mol. The molecule has 0 aromatic heterocycles. The third-order valence-corrected chi connectivity index (χ3v) is 2.84. The monoisotopic (exact) mass is 285 g/mol. The van der Waals surface area contributed by atoms with E-state index in [0.717, 1.165) is 5.56 Å². The van der Waals surface area contributed by atoms with Crippen LogP contribution in [0.1, 0.15) is 22.3 Å². The number of hydrogen-bond donors (Lipinski definition) is 2. The van der Waals surface area contributed by atoms with E-state index in [0.29, 0.717) is 6.42 Å². The smallest absolute Gasteiger partial charge is 0.362 e. The topological polar surface area (TPSA) is 75.6 Å². The molecule has 5 nitrogen and oxygen atoms in total. The van der Waals surface area contributed by atoms with Crippen molar-refractivity contribution in [3.05, 3.63) is 65.7 Å². The molecule has 0 atom stereocenters. The average molecular weight is 285 g/mol. The highest BCUT2D eigenvalue weighted by Crippen LogP contribution is 2.10. The van der Waals surface area contributed by atoms with E-state index in [-0.39, 0.29) is 23.6 Å². The van der Waals surface area contributed by atoms with Crippen LogP contribution in [0.15, 0.2) is 54.6 Å². The molecule has 0 spiro atoms. The largest absolute Gasteiger partial charge is 0.508 e. The summed E-state index contributed by atoms with van der Waals surface area (Å²) in [6.07, 6.45) is 0.802. The number of benzene rings is 2. The Hall–Kier alpha value is -2.82. The number of hydroxylamine groups is 1. The second-order valence-electron chi connectivity index (χ2n) is 4.45. The molecule has 2 rings (SSSR count). The third kappa shape index (κ3) is 4.65. The Balaban J connectivity index is 1.76. The number of aromatic hydroxyl groups is 1. The van der Waals surface area contributed by atoms with E-state index in [1.165, 1.54) is 24.3 Å². The van der Waals surface area contributed by atoms with Gasteiger partial charge in [-0.05, 0) is 36.2 Å². The van der Waals surface area contributed by atoms with Crippen molar-refractivity contribution in [3.63, 3.8) is 0 Å². The summed E-state index contributed by atoms with van der Waals surface area (Å²) in [5, 5.41) is 9.11. The molecule has 2 aromatic carbocycles. The van der Waals surface area contributed by atoms with Gasteiger partial charge in [-0.1, -0.05) is 30.3 Å². The van der Waals surface area contributed by atoms with Crippen LogP contribution in [0.5, 0.6) is 5.75 Å². The second-order valence-corrected chi connectivity index (χ2v) is 4.45. The van der Waals surface area contributed by atoms with Crippen LogP contribution in [0, 0.1) is 0 Å². The van der Waals surface area contributed by atoms with Gasteiger partial charge in [0.2, 0.25) is 0 Å². The summed E-state index contributed by atoms with van der Waals surface area (Å²) in [4.78, 5) is 27.9. The Morgan fingerprint density at radius 1 is 1.00 bits per heavy atom. The van der Waals surface area contributed by atoms with Gasteiger partial charge in [-0.3, -0.25) is 4.79 Å². The van der Waals surface area contributed by atoms with E-state index in [4.69, 9.17) is 9.94 Å². The van der Waals surface area contributed by atoms with E-state index in [9.17, 15) is 9.59 Å². The lowest BCUT2D eigenvalue weighted by Crippen LogP contribution is -2.27. The quantitative estimate of drug-likeness (QED) is 0.844. The standard InChI is InChI=1S/C16H15NO4/c18-14-9-7-13(8-10-14)16(20)21-17-15(19)11-6-12-4-2-1-3-5-12/h1-5,7-10,18H,6,11H2,(H,17,19). The molecule has 108 valence electrons. The molecule has 0 radical (unpaired) electrons. The zero-order valence-corrected chi connectivity index (χ0v) is 11.3. The zero-order valence-electron chi connectivity index (χ0n) is 11.3. The van der Waals surface area contributed by atoms with Crippen molar-refractivity contribution in [1.29, 1.82) is 0 Å². The predicted octanol–water partition coefficient (Wildman–Crippen LogP) is 2.21. The molecule has 0 aliphatic heterocycles. The summed E-state index contributed by atoms with van der Waals surface area (Å²) in [7, 11) is 0. The second kappa shape index (κ2) is 7.09. The van der Waals surface area contributed by atoms with Crippen LogP contribution in [0.4, 0.5) is 0 Å². The summed E-state index contributed by atoms with van der Waals surface area (Å²) < 4.78 is 0. The van der Waals surface area contributed by atoms with Crippen molar-refractivity contribution < 1.29 is 19.5 Å². The number of phenolic OH excluding ortho intramolecular Hbond substituents is 1. The highest BCUT2D eigenvalue weighted by molar-refractivity contribution is 5.90. The Bertz CT molecular complexity index is 608. The molecule has 0 bridgehead atoms. The molecule has 0 fully saturated rings. The van der Waals surface area contributed by atoms with Gasteiger partial charge in [0.1, 0.15) is 5.75 Å². The lowest BCUT2D eigenvalue weighted by Gasteiger charge is -2.06. The van der Waals surface area contributed by atoms with Gasteiger partial charge in [-0.15, -0.1) is 0 Å². The first-order chi connectivity index (χ1) is 10.1. The van der Waals surface area contributed by atoms with E-state index < -0.39 is 5.97 Å². The molecule has 5 heteroatoms. The van der Waals surface area contributed by atoms with Gasteiger partial charge in [-0.2, -0.15) is 5.48 Å². The minimum Gasteiger partial charge on any atom is -0.508 e. The number of hydrogen-bond acceptors (Lipinski definition) is 4. The van der Waals surface area contributed by atoms with Crippen molar-refractivity contribution in [2.75, 3.05) is 0 Å². The highest BCUT2D eigenvalue weighted by Gasteiger charge is 2.09. The first kappa shape index (κ1) is 14.6. The SMILES string of the molecule is O=C(CCc1ccccc1)NOC(=O)c1ccc(O)cc1. The molecule has 0 saturated heterocycles. The number of rotatable bonds is 4. The number of carbonyl (C=O) groups is 2. The zero-order chi connectivity index (χ0) is 15.1. The van der Waals surface area contributed by atoms with Gasteiger partial charge in [0.15, 0.2) is 0 Å². The molecule has 0 aliphatic carbocycles. The summed E-state index contributed by atoms with van der Waals surface area (Å²) in [6.45, 7) is 0. The summed E-state index contributed by atoms with van der Waals surface area (Å²) in [5.41, 5.74) is 3.40. The Kier molecular flexibility index (Phi) is 4.93. The van der Waals surface area contributed by atoms with Crippen molar-refractivity contribution in [1.82, 2.24) is 5.48 Å². The fraction of sp³-hybridized carbons (Fsp3) is 0.125. The molecule has 2 N–H and O–H groups in total. The maximum Gasteiger partial charge on any atom is 0.362 e. The minimum atomic E-state index is -0.678. The van der Waals surface area contributed by atoms with Crippen LogP contribution in [-0.4, -0.2) is 17.0 Å². The lowest BCUT2D eigenvalue weighted by atomic mass is 10.1. The van der Waals surface area contributed by atoms with E-state index in [1.54, 1.807) is 0 Å². The molecule has 0 heterocycles. The van der Waals surface area contributed by atoms with Gasteiger partial charge in [-0.25, -0.2) is 4.79 Å². The van der Waals surface area contributed by atoms with Crippen LogP contribution in [0.25, 0.3) is 0 Å². The third-order valence-electron chi connectivity index (χ3n) is 2.84. The predicted molar refractivity (Wildman–Crippen MR) is 76.4 cm³/mol. The summed E-state index contributed by atoms with van der Waals surface area (Å²) >= 11 is 0. The first-order valence-electron chi connectivity index (χ1n) is 6.48. The Labute approximate surface area is 122 Å². The molecule has 21 heavy (non-hydrogen) atoms. The number of carbonyl (C=O) groups excluding carboxylic acids is 2. The van der Waals surface area contributed by atoms with Gasteiger partial charge in [0.25, 0.3) is 5.91 Å². The normalized spacial score (nSPS) is 9.90. The fourth-order valence-electron chi connectivity index (χ4n) is 1.71. The fourth-order valence-corrected chi connectivity index (χ4v) is 1.71. The molecule has 0 aliphatic rings. The lowest BCUT2D eigenvalue weighted by molar-refractivity contribution is -0.129. The molecule has 0 saturated carbocycles. The van der Waals surface area contributed by atoms with Gasteiger partial charge < -0.3 is 9.94 Å². The van der Waals surface area contributed by atoms with Crippen molar-refractivity contribution in [3.8, 4) is 5.75 Å². The maximum atomic E-state index is 11.6. The highest BCUT2D eigenvalue weighted by atomic mass is 16.7. The van der Waals surface area contributed by atoms with Crippen molar-refractivity contribution >= 4 is 11.9 Å². The van der Waals surface area contributed by atoms with Crippen molar-refractivity contribution in [2.24, 2.45) is 0 Å². The number of phenols is 1. The Morgan fingerprint density at radius 2 is 1.67 bits per heavy atom. The van der Waals surface area contributed by atoms with Crippen LogP contribution in [0.2, 0.25) is 0 Å². The van der Waals surface area contributed by atoms with Crippen LogP contribution < -0.4 is 5.48 Å². The van der Waals surface area contributed by atoms with Gasteiger partial charge in [0, 0.05) is 6.42 Å². The number of nitrogens with one attached hydrogen (secondary N) is 1. The van der Waals surface area contributed by atoms with Gasteiger partial charge >= 0.3 is 5.97 Å². The van der Waals surface area contributed by atoms with Gasteiger partial charge in [0.05, 0.1) is 5.56 Å².